The molecule has 0 aliphatic rings. The maximum Gasteiger partial charge on any atom is 0.229 e. The van der Waals surface area contributed by atoms with E-state index >= 15 is 0 Å². The Morgan fingerprint density at radius 3 is 1.49 bits per heavy atom. The fourth-order valence-electron chi connectivity index (χ4n) is 7.64. The second kappa shape index (κ2) is 14.4. The molecule has 0 radical (unpaired) electrons. The molecule has 0 aliphatic heterocycles. The van der Waals surface area contributed by atoms with Crippen molar-refractivity contribution in [3.8, 4) is 79.1 Å². The Hall–Kier alpha value is -8.16. The minimum absolute atomic E-state index is 0.525. The van der Waals surface area contributed by atoms with Crippen molar-refractivity contribution in [2.75, 3.05) is 0 Å². The molecule has 0 atom stereocenters. The number of fused-ring (bicyclic) bond motifs is 4. The zero-order valence-corrected chi connectivity index (χ0v) is 31.6. The molecule has 0 aliphatic carbocycles. The maximum atomic E-state index is 6.45. The highest BCUT2D eigenvalue weighted by Gasteiger charge is 2.20. The topological polar surface area (TPSA) is 90.5 Å². The molecule has 4 heterocycles. The molecule has 0 fully saturated rings. The molecule has 0 N–H and O–H groups in total. The molecule has 59 heavy (non-hydrogen) atoms. The third kappa shape index (κ3) is 6.37. The van der Waals surface area contributed by atoms with Crippen LogP contribution in [0.15, 0.2) is 199 Å². The van der Waals surface area contributed by atoms with Crippen LogP contribution in [-0.4, -0.2) is 29.9 Å². The summed E-state index contributed by atoms with van der Waals surface area (Å²) in [4.78, 5) is 29.8. The summed E-state index contributed by atoms with van der Waals surface area (Å²) in [6, 6.07) is 63.8. The normalized spacial score (nSPS) is 11.4. The van der Waals surface area contributed by atoms with Crippen LogP contribution < -0.4 is 0 Å². The fraction of sp³-hybridized carbons (Fsp3) is 0. The van der Waals surface area contributed by atoms with Crippen molar-refractivity contribution in [3.63, 3.8) is 0 Å². The molecule has 0 saturated carbocycles. The number of benzene rings is 7. The summed E-state index contributed by atoms with van der Waals surface area (Å²) in [6.45, 7) is 0. The molecule has 11 aromatic rings. The first-order chi connectivity index (χ1) is 29.2. The SMILES string of the molecule is c1ccc(-c2cnc3oc4c(-c5ccc(-c6ccc7c(-c8nc(-c9ccccc9)nc(-c9ccccc9)n8)cccc7c6)cc5)nc(-c5ccccc5)nc4c3c2)cc1. The van der Waals surface area contributed by atoms with Crippen LogP contribution in [0.3, 0.4) is 0 Å². The highest BCUT2D eigenvalue weighted by molar-refractivity contribution is 6.07. The highest BCUT2D eigenvalue weighted by Crippen LogP contribution is 2.38. The lowest BCUT2D eigenvalue weighted by atomic mass is 9.97. The lowest BCUT2D eigenvalue weighted by Gasteiger charge is -2.11. The minimum Gasteiger partial charge on any atom is -0.434 e. The van der Waals surface area contributed by atoms with Gasteiger partial charge < -0.3 is 4.42 Å². The van der Waals surface area contributed by atoms with E-state index in [0.29, 0.717) is 40.3 Å². The van der Waals surface area contributed by atoms with Crippen molar-refractivity contribution in [1.29, 1.82) is 0 Å². The van der Waals surface area contributed by atoms with E-state index in [9.17, 15) is 0 Å². The minimum atomic E-state index is 0.525. The van der Waals surface area contributed by atoms with Gasteiger partial charge in [-0.05, 0) is 39.6 Å². The van der Waals surface area contributed by atoms with Crippen molar-refractivity contribution >= 4 is 33.0 Å². The molecular formula is C52H32N6O. The standard InChI is InChI=1S/C52H32N6O/c1-5-14-33(15-6-1)41-31-44-46-47(59-52(44)53-32-41)45(54-48(55-46)36-16-7-2-8-17-36)35-26-24-34(25-27-35)39-28-29-42-40(30-39)22-13-23-43(42)51-57-49(37-18-9-3-10-19-37)56-50(58-51)38-20-11-4-12-21-38/h1-32H. The van der Waals surface area contributed by atoms with E-state index in [1.54, 1.807) is 0 Å². The third-order valence-corrected chi connectivity index (χ3v) is 10.6. The molecule has 4 aromatic heterocycles. The number of nitrogens with zero attached hydrogens (tertiary/aromatic N) is 6. The molecule has 0 unspecified atom stereocenters. The van der Waals surface area contributed by atoms with Crippen LogP contribution in [0.2, 0.25) is 0 Å². The van der Waals surface area contributed by atoms with Gasteiger partial charge in [-0.1, -0.05) is 176 Å². The molecule has 11 rings (SSSR count). The lowest BCUT2D eigenvalue weighted by molar-refractivity contribution is 0.653. The second-order valence-electron chi connectivity index (χ2n) is 14.3. The average Bonchev–Trinajstić information content (AvgIpc) is 3.70. The summed E-state index contributed by atoms with van der Waals surface area (Å²) in [6.07, 6.45) is 1.85. The van der Waals surface area contributed by atoms with Crippen LogP contribution in [0.5, 0.6) is 0 Å². The van der Waals surface area contributed by atoms with Gasteiger partial charge in [0.1, 0.15) is 11.2 Å². The first-order valence-electron chi connectivity index (χ1n) is 19.4. The van der Waals surface area contributed by atoms with E-state index in [1.807, 2.05) is 115 Å². The Bertz CT molecular complexity index is 3240. The molecule has 7 nitrogen and oxygen atoms in total. The van der Waals surface area contributed by atoms with Crippen molar-refractivity contribution < 1.29 is 4.42 Å². The fourth-order valence-corrected chi connectivity index (χ4v) is 7.64. The summed E-state index contributed by atoms with van der Waals surface area (Å²) in [5.74, 6) is 2.52. The molecule has 0 spiro atoms. The number of hydrogen-bond acceptors (Lipinski definition) is 7. The molecular weight excluding hydrogens is 725 g/mol. The van der Waals surface area contributed by atoms with Crippen LogP contribution in [0.4, 0.5) is 0 Å². The molecule has 7 heteroatoms. The van der Waals surface area contributed by atoms with Crippen LogP contribution in [-0.2, 0) is 0 Å². The molecule has 0 bridgehead atoms. The first-order valence-corrected chi connectivity index (χ1v) is 19.4. The number of aromatic nitrogens is 6. The van der Waals surface area contributed by atoms with Crippen LogP contribution in [0.25, 0.3) is 112 Å². The van der Waals surface area contributed by atoms with Gasteiger partial charge in [-0.15, -0.1) is 0 Å². The van der Waals surface area contributed by atoms with Crippen molar-refractivity contribution in [2.45, 2.75) is 0 Å². The van der Waals surface area contributed by atoms with Gasteiger partial charge in [-0.25, -0.2) is 29.9 Å². The third-order valence-electron chi connectivity index (χ3n) is 10.6. The molecule has 0 amide bonds. The molecule has 276 valence electrons. The van der Waals surface area contributed by atoms with Gasteiger partial charge in [0, 0.05) is 39.6 Å². The Kier molecular flexibility index (Phi) is 8.33. The lowest BCUT2D eigenvalue weighted by Crippen LogP contribution is -2.00. The van der Waals surface area contributed by atoms with E-state index < -0.39 is 0 Å². The van der Waals surface area contributed by atoms with Gasteiger partial charge in [0.15, 0.2) is 28.9 Å². The van der Waals surface area contributed by atoms with E-state index in [2.05, 4.69) is 78.9 Å². The summed E-state index contributed by atoms with van der Waals surface area (Å²) in [7, 11) is 0. The van der Waals surface area contributed by atoms with Gasteiger partial charge in [-0.2, -0.15) is 0 Å². The zero-order valence-electron chi connectivity index (χ0n) is 31.6. The number of pyridine rings is 1. The molecule has 0 saturated heterocycles. The Labute approximate surface area is 339 Å². The summed E-state index contributed by atoms with van der Waals surface area (Å²) in [5.41, 5.74) is 11.5. The number of furan rings is 1. The quantitative estimate of drug-likeness (QED) is 0.160. The predicted octanol–water partition coefficient (Wildman–Crippen LogP) is 12.8. The van der Waals surface area contributed by atoms with Gasteiger partial charge in [0.25, 0.3) is 0 Å². The van der Waals surface area contributed by atoms with Gasteiger partial charge in [0.2, 0.25) is 5.71 Å². The number of hydrogen-bond donors (Lipinski definition) is 0. The predicted molar refractivity (Wildman–Crippen MR) is 236 cm³/mol. The van der Waals surface area contributed by atoms with Crippen molar-refractivity contribution in [1.82, 2.24) is 29.9 Å². The molecule has 7 aromatic carbocycles. The van der Waals surface area contributed by atoms with E-state index in [4.69, 9.17) is 34.3 Å². The number of rotatable bonds is 7. The van der Waals surface area contributed by atoms with Crippen molar-refractivity contribution in [3.05, 3.63) is 194 Å². The average molecular weight is 757 g/mol. The van der Waals surface area contributed by atoms with E-state index in [-0.39, 0.29) is 0 Å². The van der Waals surface area contributed by atoms with Gasteiger partial charge >= 0.3 is 0 Å². The summed E-state index contributed by atoms with van der Waals surface area (Å²) in [5, 5.41) is 2.99. The monoisotopic (exact) mass is 756 g/mol. The van der Waals surface area contributed by atoms with E-state index in [1.165, 1.54) is 0 Å². The Balaban J connectivity index is 0.984. The second-order valence-corrected chi connectivity index (χ2v) is 14.3. The first kappa shape index (κ1) is 34.1. The highest BCUT2D eigenvalue weighted by atomic mass is 16.3. The Morgan fingerprint density at radius 1 is 0.339 bits per heavy atom. The van der Waals surface area contributed by atoms with Gasteiger partial charge in [-0.3, -0.25) is 0 Å². The van der Waals surface area contributed by atoms with Crippen LogP contribution >= 0.6 is 0 Å². The van der Waals surface area contributed by atoms with Gasteiger partial charge in [0.05, 0.1) is 5.39 Å². The largest absolute Gasteiger partial charge is 0.434 e. The maximum absolute atomic E-state index is 6.45. The Morgan fingerprint density at radius 2 is 0.864 bits per heavy atom. The van der Waals surface area contributed by atoms with E-state index in [0.717, 1.165) is 71.7 Å². The smallest absolute Gasteiger partial charge is 0.229 e. The van der Waals surface area contributed by atoms with Crippen molar-refractivity contribution in [2.24, 2.45) is 0 Å². The zero-order chi connectivity index (χ0) is 39.1. The van der Waals surface area contributed by atoms with Crippen LogP contribution in [0, 0.1) is 0 Å². The summed E-state index contributed by atoms with van der Waals surface area (Å²) < 4.78 is 6.45. The summed E-state index contributed by atoms with van der Waals surface area (Å²) >= 11 is 0. The van der Waals surface area contributed by atoms with Crippen LogP contribution in [0.1, 0.15) is 0 Å².